The van der Waals surface area contributed by atoms with Crippen LogP contribution in [-0.2, 0) is 0 Å². The van der Waals surface area contributed by atoms with Crippen molar-refractivity contribution in [1.82, 2.24) is 9.66 Å². The van der Waals surface area contributed by atoms with Gasteiger partial charge in [0.15, 0.2) is 11.6 Å². The summed E-state index contributed by atoms with van der Waals surface area (Å²) in [4.78, 5) is 3.89. The third-order valence-electron chi connectivity index (χ3n) is 2.58. The summed E-state index contributed by atoms with van der Waals surface area (Å²) in [5, 5.41) is 21.6. The smallest absolute Gasteiger partial charge is 0.423 e. The Hall–Kier alpha value is -2.26. The third-order valence-corrected chi connectivity index (χ3v) is 2.58. The molecular formula is C11H11BF2N4O2. The molecule has 0 aliphatic heterocycles. The first kappa shape index (κ1) is 14.2. The molecule has 0 atom stereocenters. The third kappa shape index (κ3) is 2.68. The van der Waals surface area contributed by atoms with Gasteiger partial charge in [0.05, 0.1) is 18.1 Å². The largest absolute Gasteiger partial charge is 0.491 e. The van der Waals surface area contributed by atoms with Gasteiger partial charge in [0.2, 0.25) is 5.95 Å². The van der Waals surface area contributed by atoms with E-state index in [4.69, 9.17) is 15.8 Å². The van der Waals surface area contributed by atoms with Crippen molar-refractivity contribution in [1.29, 1.82) is 0 Å². The fraction of sp³-hybridized carbons (Fsp3) is 0.0909. The van der Waals surface area contributed by atoms with Crippen molar-refractivity contribution in [2.24, 2.45) is 5.10 Å². The van der Waals surface area contributed by atoms with Gasteiger partial charge in [0.25, 0.3) is 0 Å². The van der Waals surface area contributed by atoms with Crippen LogP contribution in [-0.4, -0.2) is 33.0 Å². The zero-order valence-corrected chi connectivity index (χ0v) is 10.5. The van der Waals surface area contributed by atoms with E-state index in [9.17, 15) is 8.78 Å². The van der Waals surface area contributed by atoms with E-state index >= 15 is 0 Å². The number of hydrogen-bond acceptors (Lipinski definition) is 5. The van der Waals surface area contributed by atoms with Crippen molar-refractivity contribution in [3.63, 3.8) is 0 Å². The molecule has 0 fully saturated rings. The second kappa shape index (κ2) is 5.39. The zero-order chi connectivity index (χ0) is 14.9. The second-order valence-corrected chi connectivity index (χ2v) is 4.08. The van der Waals surface area contributed by atoms with Gasteiger partial charge in [-0.2, -0.15) is 5.10 Å². The van der Waals surface area contributed by atoms with E-state index in [1.165, 1.54) is 16.9 Å². The molecule has 4 N–H and O–H groups in total. The van der Waals surface area contributed by atoms with Crippen molar-refractivity contribution < 1.29 is 18.8 Å². The van der Waals surface area contributed by atoms with E-state index in [0.717, 1.165) is 12.3 Å². The molecule has 2 rings (SSSR count). The molecule has 20 heavy (non-hydrogen) atoms. The number of aryl methyl sites for hydroxylation is 1. The quantitative estimate of drug-likeness (QED) is 0.527. The molecule has 6 nitrogen and oxygen atoms in total. The maximum atomic E-state index is 13.7. The number of rotatable bonds is 3. The Morgan fingerprint density at radius 2 is 2.05 bits per heavy atom. The summed E-state index contributed by atoms with van der Waals surface area (Å²) in [7, 11) is -2.08. The fourth-order valence-corrected chi connectivity index (χ4v) is 1.60. The van der Waals surface area contributed by atoms with Gasteiger partial charge in [-0.3, -0.25) is 0 Å². The Morgan fingerprint density at radius 1 is 1.35 bits per heavy atom. The van der Waals surface area contributed by atoms with Gasteiger partial charge >= 0.3 is 7.12 Å². The van der Waals surface area contributed by atoms with E-state index in [1.807, 2.05) is 0 Å². The molecule has 0 amide bonds. The number of nitrogens with two attached hydrogens (primary N) is 1. The van der Waals surface area contributed by atoms with Gasteiger partial charge < -0.3 is 15.8 Å². The standard InChI is InChI=1S/C11H11BF2N4O2/c1-6-5-18(11(15)17-6)16-4-7-2-3-8(12(19)20)10(14)9(7)13/h2-5,19-20H,1H3,(H2,15,17). The van der Waals surface area contributed by atoms with E-state index < -0.39 is 24.2 Å². The highest BCUT2D eigenvalue weighted by Crippen LogP contribution is 2.09. The molecular weight excluding hydrogens is 269 g/mol. The van der Waals surface area contributed by atoms with Crippen LogP contribution in [0.4, 0.5) is 14.7 Å². The number of anilines is 1. The van der Waals surface area contributed by atoms with Crippen LogP contribution in [0.1, 0.15) is 11.3 Å². The van der Waals surface area contributed by atoms with Crippen LogP contribution in [0.25, 0.3) is 0 Å². The number of imidazole rings is 1. The lowest BCUT2D eigenvalue weighted by atomic mass is 9.79. The van der Waals surface area contributed by atoms with Crippen LogP contribution >= 0.6 is 0 Å². The fourth-order valence-electron chi connectivity index (χ4n) is 1.60. The first-order valence-electron chi connectivity index (χ1n) is 5.60. The van der Waals surface area contributed by atoms with Gasteiger partial charge in [-0.15, -0.1) is 0 Å². The first-order valence-corrected chi connectivity index (χ1v) is 5.60. The summed E-state index contributed by atoms with van der Waals surface area (Å²) >= 11 is 0. The number of aromatic nitrogens is 2. The predicted molar refractivity (Wildman–Crippen MR) is 70.6 cm³/mol. The minimum Gasteiger partial charge on any atom is -0.423 e. The Labute approximate surface area is 113 Å². The van der Waals surface area contributed by atoms with E-state index in [1.54, 1.807) is 6.92 Å². The van der Waals surface area contributed by atoms with Crippen LogP contribution in [0.3, 0.4) is 0 Å². The summed E-state index contributed by atoms with van der Waals surface area (Å²) in [5.41, 5.74) is 5.47. The van der Waals surface area contributed by atoms with Crippen molar-refractivity contribution in [2.75, 3.05) is 5.73 Å². The molecule has 0 bridgehead atoms. The van der Waals surface area contributed by atoms with E-state index in [-0.39, 0.29) is 11.5 Å². The van der Waals surface area contributed by atoms with Crippen molar-refractivity contribution in [3.8, 4) is 0 Å². The van der Waals surface area contributed by atoms with Crippen LogP contribution in [0.2, 0.25) is 0 Å². The maximum absolute atomic E-state index is 13.7. The molecule has 1 aromatic carbocycles. The molecule has 2 aromatic rings. The normalized spacial score (nSPS) is 11.2. The minimum absolute atomic E-state index is 0.113. The summed E-state index contributed by atoms with van der Waals surface area (Å²) < 4.78 is 28.4. The molecule has 0 unspecified atom stereocenters. The number of nitrogen functional groups attached to an aromatic ring is 1. The van der Waals surface area contributed by atoms with Gasteiger partial charge in [0, 0.05) is 11.0 Å². The monoisotopic (exact) mass is 280 g/mol. The van der Waals surface area contributed by atoms with Crippen LogP contribution in [0, 0.1) is 18.6 Å². The Bertz CT molecular complexity index is 673. The molecule has 0 radical (unpaired) electrons. The van der Waals surface area contributed by atoms with Crippen molar-refractivity contribution in [3.05, 3.63) is 41.2 Å². The average Bonchev–Trinajstić information content (AvgIpc) is 2.69. The highest BCUT2D eigenvalue weighted by atomic mass is 19.2. The second-order valence-electron chi connectivity index (χ2n) is 4.08. The number of hydrogen-bond donors (Lipinski definition) is 3. The Kier molecular flexibility index (Phi) is 3.82. The number of halogens is 2. The number of nitrogens with zero attached hydrogens (tertiary/aromatic N) is 3. The predicted octanol–water partition coefficient (Wildman–Crippen LogP) is -0.386. The lowest BCUT2D eigenvalue weighted by Gasteiger charge is -2.04. The molecule has 0 spiro atoms. The summed E-state index contributed by atoms with van der Waals surface area (Å²) in [5.74, 6) is -2.45. The topological polar surface area (TPSA) is 96.7 Å². The van der Waals surface area contributed by atoms with Gasteiger partial charge in [-0.05, 0) is 6.92 Å². The summed E-state index contributed by atoms with van der Waals surface area (Å²) in [6.07, 6.45) is 2.58. The van der Waals surface area contributed by atoms with Gasteiger partial charge in [-0.1, -0.05) is 12.1 Å². The molecule has 0 saturated heterocycles. The molecule has 1 aromatic heterocycles. The minimum atomic E-state index is -2.08. The highest BCUT2D eigenvalue weighted by Gasteiger charge is 2.21. The van der Waals surface area contributed by atoms with Crippen LogP contribution in [0.15, 0.2) is 23.4 Å². The van der Waals surface area contributed by atoms with E-state index in [2.05, 4.69) is 10.1 Å². The van der Waals surface area contributed by atoms with E-state index in [0.29, 0.717) is 5.69 Å². The Morgan fingerprint density at radius 3 is 2.60 bits per heavy atom. The lowest BCUT2D eigenvalue weighted by molar-refractivity contribution is 0.420. The van der Waals surface area contributed by atoms with Crippen LogP contribution < -0.4 is 11.2 Å². The molecule has 9 heteroatoms. The average molecular weight is 280 g/mol. The summed E-state index contributed by atoms with van der Waals surface area (Å²) in [6, 6.07) is 2.24. The highest BCUT2D eigenvalue weighted by molar-refractivity contribution is 6.58. The zero-order valence-electron chi connectivity index (χ0n) is 10.5. The van der Waals surface area contributed by atoms with Gasteiger partial charge in [0.1, 0.15) is 0 Å². The molecule has 1 heterocycles. The Balaban J connectivity index is 2.35. The molecule has 0 aliphatic carbocycles. The first-order chi connectivity index (χ1) is 9.40. The SMILES string of the molecule is Cc1cn(N=Cc2ccc(B(O)O)c(F)c2F)c(N)n1. The molecule has 0 saturated carbocycles. The maximum Gasteiger partial charge on any atom is 0.491 e. The molecule has 0 aliphatic rings. The van der Waals surface area contributed by atoms with Crippen LogP contribution in [0.5, 0.6) is 0 Å². The number of benzene rings is 1. The van der Waals surface area contributed by atoms with Crippen molar-refractivity contribution >= 4 is 24.7 Å². The molecule has 104 valence electrons. The summed E-state index contributed by atoms with van der Waals surface area (Å²) in [6.45, 7) is 1.71. The van der Waals surface area contributed by atoms with Crippen molar-refractivity contribution in [2.45, 2.75) is 6.92 Å². The lowest BCUT2D eigenvalue weighted by Crippen LogP contribution is -2.33. The van der Waals surface area contributed by atoms with Gasteiger partial charge in [-0.25, -0.2) is 18.4 Å².